The monoisotopic (exact) mass is 322 g/mol. The van der Waals surface area contributed by atoms with Crippen LogP contribution in [0.5, 0.6) is 0 Å². The lowest BCUT2D eigenvalue weighted by Crippen LogP contribution is -2.43. The van der Waals surface area contributed by atoms with Gasteiger partial charge in [0.2, 0.25) is 0 Å². The number of nitrogens with one attached hydrogen (secondary N) is 2. The van der Waals surface area contributed by atoms with Gasteiger partial charge in [-0.25, -0.2) is 4.79 Å². The first-order valence-corrected chi connectivity index (χ1v) is 8.57. The van der Waals surface area contributed by atoms with Crippen LogP contribution in [0.3, 0.4) is 0 Å². The number of hydrogen-bond donors (Lipinski definition) is 2. The molecule has 2 N–H and O–H groups in total. The molecular weight excluding hydrogens is 292 g/mol. The molecular formula is C18H30N2O3. The van der Waals surface area contributed by atoms with Crippen molar-refractivity contribution in [2.24, 2.45) is 5.92 Å². The standard InChI is InChI=1S/C18H30N2O3/c1-6-13(20-17(21)23-18(3,4)5)10-19-11-14-7-8-16(22-14)15-9-12(15)2/h7-8,12-13,15,19H,6,9-11H2,1-5H3,(H,20,21). The van der Waals surface area contributed by atoms with Crippen molar-refractivity contribution in [2.45, 2.75) is 71.6 Å². The van der Waals surface area contributed by atoms with Gasteiger partial charge in [-0.05, 0) is 51.7 Å². The highest BCUT2D eigenvalue weighted by Gasteiger charge is 2.36. The molecule has 130 valence electrons. The first-order chi connectivity index (χ1) is 10.8. The maximum atomic E-state index is 11.8. The van der Waals surface area contributed by atoms with Gasteiger partial charge in [-0.1, -0.05) is 13.8 Å². The van der Waals surface area contributed by atoms with Crippen LogP contribution in [0.25, 0.3) is 0 Å². The zero-order chi connectivity index (χ0) is 17.0. The number of amides is 1. The molecule has 3 unspecified atom stereocenters. The minimum Gasteiger partial charge on any atom is -0.464 e. The Labute approximate surface area is 139 Å². The van der Waals surface area contributed by atoms with E-state index in [0.29, 0.717) is 19.0 Å². The zero-order valence-corrected chi connectivity index (χ0v) is 14.9. The van der Waals surface area contributed by atoms with Crippen LogP contribution in [0.2, 0.25) is 0 Å². The quantitative estimate of drug-likeness (QED) is 0.801. The van der Waals surface area contributed by atoms with Crippen molar-refractivity contribution in [1.82, 2.24) is 10.6 Å². The Hall–Kier alpha value is -1.49. The van der Waals surface area contributed by atoms with Crippen LogP contribution in [0, 0.1) is 5.92 Å². The topological polar surface area (TPSA) is 63.5 Å². The van der Waals surface area contributed by atoms with Crippen molar-refractivity contribution < 1.29 is 13.9 Å². The molecule has 1 heterocycles. The number of carbonyl (C=O) groups excluding carboxylic acids is 1. The summed E-state index contributed by atoms with van der Waals surface area (Å²) in [5.41, 5.74) is -0.472. The Morgan fingerprint density at radius 1 is 1.43 bits per heavy atom. The van der Waals surface area contributed by atoms with Gasteiger partial charge in [0.25, 0.3) is 0 Å². The molecule has 1 aliphatic rings. The molecule has 0 radical (unpaired) electrons. The lowest BCUT2D eigenvalue weighted by Gasteiger charge is -2.23. The van der Waals surface area contributed by atoms with Crippen LogP contribution >= 0.6 is 0 Å². The Morgan fingerprint density at radius 3 is 2.70 bits per heavy atom. The summed E-state index contributed by atoms with van der Waals surface area (Å²) in [5.74, 6) is 3.42. The SMILES string of the molecule is CCC(CNCc1ccc(C2CC2C)o1)NC(=O)OC(C)(C)C. The smallest absolute Gasteiger partial charge is 0.407 e. The zero-order valence-electron chi connectivity index (χ0n) is 14.9. The second-order valence-corrected chi connectivity index (χ2v) is 7.51. The summed E-state index contributed by atoms with van der Waals surface area (Å²) in [6.07, 6.45) is 1.71. The highest BCUT2D eigenvalue weighted by molar-refractivity contribution is 5.68. The Morgan fingerprint density at radius 2 is 2.13 bits per heavy atom. The van der Waals surface area contributed by atoms with Crippen LogP contribution < -0.4 is 10.6 Å². The lowest BCUT2D eigenvalue weighted by molar-refractivity contribution is 0.0502. The molecule has 23 heavy (non-hydrogen) atoms. The lowest BCUT2D eigenvalue weighted by atomic mass is 10.2. The average molecular weight is 322 g/mol. The fraction of sp³-hybridized carbons (Fsp3) is 0.722. The van der Waals surface area contributed by atoms with E-state index in [0.717, 1.165) is 23.9 Å². The van der Waals surface area contributed by atoms with E-state index < -0.39 is 5.60 Å². The molecule has 1 aromatic heterocycles. The second-order valence-electron chi connectivity index (χ2n) is 7.51. The molecule has 0 saturated heterocycles. The van der Waals surface area contributed by atoms with E-state index in [2.05, 4.69) is 23.6 Å². The van der Waals surface area contributed by atoms with Gasteiger partial charge in [-0.15, -0.1) is 0 Å². The molecule has 1 amide bonds. The van der Waals surface area contributed by atoms with E-state index in [1.807, 2.05) is 33.8 Å². The van der Waals surface area contributed by atoms with Crippen LogP contribution in [0.15, 0.2) is 16.5 Å². The fourth-order valence-electron chi connectivity index (χ4n) is 2.55. The number of ether oxygens (including phenoxy) is 1. The average Bonchev–Trinajstić information content (AvgIpc) is 2.98. The Balaban J connectivity index is 1.71. The normalized spacial score (nSPS) is 21.8. The van der Waals surface area contributed by atoms with E-state index in [1.165, 1.54) is 6.42 Å². The van der Waals surface area contributed by atoms with E-state index in [1.54, 1.807) is 0 Å². The highest BCUT2D eigenvalue weighted by Crippen LogP contribution is 2.47. The van der Waals surface area contributed by atoms with Crippen molar-refractivity contribution >= 4 is 6.09 Å². The van der Waals surface area contributed by atoms with E-state index in [-0.39, 0.29) is 12.1 Å². The molecule has 1 aliphatic carbocycles. The van der Waals surface area contributed by atoms with Crippen LogP contribution in [-0.4, -0.2) is 24.3 Å². The summed E-state index contributed by atoms with van der Waals surface area (Å²) in [6.45, 7) is 11.2. The van der Waals surface area contributed by atoms with Crippen LogP contribution in [0.4, 0.5) is 4.79 Å². The Bertz CT molecular complexity index is 519. The highest BCUT2D eigenvalue weighted by atomic mass is 16.6. The molecule has 1 fully saturated rings. The number of furan rings is 1. The van der Waals surface area contributed by atoms with Crippen LogP contribution in [-0.2, 0) is 11.3 Å². The summed E-state index contributed by atoms with van der Waals surface area (Å²) in [4.78, 5) is 11.8. The molecule has 5 heteroatoms. The van der Waals surface area contributed by atoms with Gasteiger partial charge in [0.1, 0.15) is 17.1 Å². The van der Waals surface area contributed by atoms with Crippen molar-refractivity contribution in [2.75, 3.05) is 6.54 Å². The van der Waals surface area contributed by atoms with Gasteiger partial charge in [0.15, 0.2) is 0 Å². The van der Waals surface area contributed by atoms with Gasteiger partial charge >= 0.3 is 6.09 Å². The van der Waals surface area contributed by atoms with E-state index in [4.69, 9.17) is 9.15 Å². The molecule has 1 saturated carbocycles. The minimum atomic E-state index is -0.472. The molecule has 3 atom stereocenters. The fourth-order valence-corrected chi connectivity index (χ4v) is 2.55. The third-order valence-electron chi connectivity index (χ3n) is 4.06. The molecule has 5 nitrogen and oxygen atoms in total. The molecule has 1 aromatic rings. The minimum absolute atomic E-state index is 0.0442. The first kappa shape index (κ1) is 17.9. The van der Waals surface area contributed by atoms with Gasteiger partial charge < -0.3 is 19.8 Å². The summed E-state index contributed by atoms with van der Waals surface area (Å²) < 4.78 is 11.2. The third kappa shape index (κ3) is 5.90. The number of carbonyl (C=O) groups is 1. The molecule has 0 spiro atoms. The van der Waals surface area contributed by atoms with Gasteiger partial charge in [-0.2, -0.15) is 0 Å². The largest absolute Gasteiger partial charge is 0.464 e. The number of hydrogen-bond acceptors (Lipinski definition) is 4. The summed E-state index contributed by atoms with van der Waals surface area (Å²) in [7, 11) is 0. The molecule has 0 aromatic carbocycles. The molecule has 2 rings (SSSR count). The predicted octanol–water partition coefficient (Wildman–Crippen LogP) is 3.80. The summed E-state index contributed by atoms with van der Waals surface area (Å²) >= 11 is 0. The van der Waals surface area contributed by atoms with Crippen molar-refractivity contribution in [3.63, 3.8) is 0 Å². The van der Waals surface area contributed by atoms with Crippen molar-refractivity contribution in [1.29, 1.82) is 0 Å². The maximum Gasteiger partial charge on any atom is 0.407 e. The number of alkyl carbamates (subject to hydrolysis) is 1. The van der Waals surface area contributed by atoms with Crippen molar-refractivity contribution in [3.05, 3.63) is 23.7 Å². The van der Waals surface area contributed by atoms with Gasteiger partial charge in [-0.3, -0.25) is 0 Å². The van der Waals surface area contributed by atoms with E-state index in [9.17, 15) is 4.79 Å². The predicted molar refractivity (Wildman–Crippen MR) is 90.4 cm³/mol. The summed E-state index contributed by atoms with van der Waals surface area (Å²) in [5, 5.41) is 6.24. The third-order valence-corrected chi connectivity index (χ3v) is 4.06. The van der Waals surface area contributed by atoms with Gasteiger partial charge in [0.05, 0.1) is 6.54 Å². The number of rotatable bonds is 7. The second kappa shape index (κ2) is 7.39. The van der Waals surface area contributed by atoms with Crippen molar-refractivity contribution in [3.8, 4) is 0 Å². The maximum absolute atomic E-state index is 11.8. The van der Waals surface area contributed by atoms with Crippen LogP contribution in [0.1, 0.15) is 64.9 Å². The molecule has 0 bridgehead atoms. The van der Waals surface area contributed by atoms with Gasteiger partial charge in [0, 0.05) is 18.5 Å². The molecule has 0 aliphatic heterocycles. The Kier molecular flexibility index (Phi) is 5.74. The first-order valence-electron chi connectivity index (χ1n) is 8.57. The summed E-state index contributed by atoms with van der Waals surface area (Å²) in [6, 6.07) is 4.17. The van der Waals surface area contributed by atoms with E-state index >= 15 is 0 Å².